The van der Waals surface area contributed by atoms with Crippen molar-refractivity contribution in [2.45, 2.75) is 13.8 Å². The van der Waals surface area contributed by atoms with Gasteiger partial charge in [0.15, 0.2) is 6.61 Å². The minimum atomic E-state index is -0.290. The van der Waals surface area contributed by atoms with Crippen LogP contribution in [0.4, 0.5) is 11.4 Å². The van der Waals surface area contributed by atoms with Crippen molar-refractivity contribution in [3.05, 3.63) is 52.5 Å². The summed E-state index contributed by atoms with van der Waals surface area (Å²) >= 11 is 5.87. The van der Waals surface area contributed by atoms with E-state index in [1.807, 2.05) is 32.0 Å². The topological polar surface area (TPSA) is 64.3 Å². The maximum atomic E-state index is 11.9. The Labute approximate surface area is 128 Å². The van der Waals surface area contributed by atoms with Crippen molar-refractivity contribution >= 4 is 28.9 Å². The van der Waals surface area contributed by atoms with E-state index in [2.05, 4.69) is 5.32 Å². The molecule has 2 aromatic rings. The monoisotopic (exact) mass is 304 g/mol. The van der Waals surface area contributed by atoms with Gasteiger partial charge in [0.25, 0.3) is 5.91 Å². The van der Waals surface area contributed by atoms with Crippen molar-refractivity contribution in [1.82, 2.24) is 0 Å². The molecule has 0 fully saturated rings. The molecule has 0 aliphatic rings. The zero-order valence-electron chi connectivity index (χ0n) is 11.9. The van der Waals surface area contributed by atoms with Crippen LogP contribution in [0.3, 0.4) is 0 Å². The summed E-state index contributed by atoms with van der Waals surface area (Å²) in [7, 11) is 0. The van der Waals surface area contributed by atoms with Crippen LogP contribution in [-0.4, -0.2) is 12.5 Å². The maximum Gasteiger partial charge on any atom is 0.262 e. The van der Waals surface area contributed by atoms with E-state index >= 15 is 0 Å². The lowest BCUT2D eigenvalue weighted by atomic mass is 10.1. The Morgan fingerprint density at radius 2 is 1.95 bits per heavy atom. The number of hydrogen-bond acceptors (Lipinski definition) is 3. The van der Waals surface area contributed by atoms with Crippen molar-refractivity contribution in [3.8, 4) is 5.75 Å². The molecule has 0 aromatic heterocycles. The first-order valence-electron chi connectivity index (χ1n) is 6.50. The normalized spacial score (nSPS) is 10.2. The molecule has 110 valence electrons. The molecule has 1 amide bonds. The van der Waals surface area contributed by atoms with Crippen molar-refractivity contribution in [3.63, 3.8) is 0 Å². The van der Waals surface area contributed by atoms with E-state index in [-0.39, 0.29) is 12.5 Å². The Bertz CT molecular complexity index is 671. The highest BCUT2D eigenvalue weighted by Crippen LogP contribution is 2.23. The number of anilines is 2. The van der Waals surface area contributed by atoms with Crippen LogP contribution >= 0.6 is 11.6 Å². The number of benzene rings is 2. The van der Waals surface area contributed by atoms with E-state index in [4.69, 9.17) is 22.1 Å². The molecule has 5 heteroatoms. The van der Waals surface area contributed by atoms with Gasteiger partial charge in [-0.2, -0.15) is 0 Å². The lowest BCUT2D eigenvalue weighted by Crippen LogP contribution is -2.20. The number of nitrogens with one attached hydrogen (secondary N) is 1. The molecule has 0 heterocycles. The predicted octanol–water partition coefficient (Wildman–Crippen LogP) is 3.56. The van der Waals surface area contributed by atoms with E-state index in [0.29, 0.717) is 22.1 Å². The molecule has 0 spiro atoms. The fraction of sp³-hybridized carbons (Fsp3) is 0.188. The van der Waals surface area contributed by atoms with Crippen LogP contribution in [0.1, 0.15) is 11.1 Å². The third kappa shape index (κ3) is 4.13. The fourth-order valence-electron chi connectivity index (χ4n) is 1.78. The van der Waals surface area contributed by atoms with Crippen LogP contribution < -0.4 is 15.8 Å². The number of nitrogens with two attached hydrogens (primary N) is 1. The van der Waals surface area contributed by atoms with E-state index in [1.165, 1.54) is 5.56 Å². The van der Waals surface area contributed by atoms with Gasteiger partial charge in [0.2, 0.25) is 0 Å². The summed E-state index contributed by atoms with van der Waals surface area (Å²) < 4.78 is 5.46. The second kappa shape index (κ2) is 6.50. The first kappa shape index (κ1) is 15.2. The highest BCUT2D eigenvalue weighted by Gasteiger charge is 2.07. The van der Waals surface area contributed by atoms with E-state index in [0.717, 1.165) is 5.56 Å². The molecule has 4 nitrogen and oxygen atoms in total. The van der Waals surface area contributed by atoms with Gasteiger partial charge in [-0.25, -0.2) is 0 Å². The molecule has 0 atom stereocenters. The molecule has 0 aliphatic carbocycles. The summed E-state index contributed by atoms with van der Waals surface area (Å²) in [5, 5.41) is 3.18. The zero-order valence-corrected chi connectivity index (χ0v) is 12.7. The van der Waals surface area contributed by atoms with Gasteiger partial charge in [0, 0.05) is 5.02 Å². The second-order valence-corrected chi connectivity index (χ2v) is 5.25. The number of carbonyl (C=O) groups excluding carboxylic acids is 1. The molecule has 21 heavy (non-hydrogen) atoms. The molecule has 3 N–H and O–H groups in total. The van der Waals surface area contributed by atoms with Gasteiger partial charge in [-0.15, -0.1) is 0 Å². The van der Waals surface area contributed by atoms with Gasteiger partial charge in [-0.05, 0) is 55.3 Å². The first-order chi connectivity index (χ1) is 9.95. The smallest absolute Gasteiger partial charge is 0.262 e. The molecular weight excluding hydrogens is 288 g/mol. The minimum Gasteiger partial charge on any atom is -0.484 e. The number of aryl methyl sites for hydroxylation is 2. The van der Waals surface area contributed by atoms with Gasteiger partial charge in [0.05, 0.1) is 11.4 Å². The molecule has 2 rings (SSSR count). The third-order valence-electron chi connectivity index (χ3n) is 3.14. The highest BCUT2D eigenvalue weighted by molar-refractivity contribution is 6.31. The standard InChI is InChI=1S/C16H17ClN2O2/c1-10-3-5-13(7-11(10)2)21-9-16(20)19-15-8-12(17)4-6-14(15)18/h3-8H,9,18H2,1-2H3,(H,19,20). The average Bonchev–Trinajstić information content (AvgIpc) is 2.44. The summed E-state index contributed by atoms with van der Waals surface area (Å²) in [5.74, 6) is 0.370. The van der Waals surface area contributed by atoms with Crippen LogP contribution in [0.15, 0.2) is 36.4 Å². The number of hydrogen-bond donors (Lipinski definition) is 2. The van der Waals surface area contributed by atoms with Crippen molar-refractivity contribution in [2.24, 2.45) is 0 Å². The lowest BCUT2D eigenvalue weighted by Gasteiger charge is -2.10. The van der Waals surface area contributed by atoms with Gasteiger partial charge in [0.1, 0.15) is 5.75 Å². The minimum absolute atomic E-state index is 0.0888. The van der Waals surface area contributed by atoms with Crippen molar-refractivity contribution < 1.29 is 9.53 Å². The number of halogens is 1. The number of nitrogen functional groups attached to an aromatic ring is 1. The zero-order chi connectivity index (χ0) is 15.4. The summed E-state index contributed by atoms with van der Waals surface area (Å²) in [6, 6.07) is 10.6. The first-order valence-corrected chi connectivity index (χ1v) is 6.88. The van der Waals surface area contributed by atoms with Crippen molar-refractivity contribution in [2.75, 3.05) is 17.7 Å². The van der Waals surface area contributed by atoms with Crippen LogP contribution in [0.5, 0.6) is 5.75 Å². The highest BCUT2D eigenvalue weighted by atomic mass is 35.5. The summed E-state index contributed by atoms with van der Waals surface area (Å²) in [4.78, 5) is 11.9. The SMILES string of the molecule is Cc1ccc(OCC(=O)Nc2cc(Cl)ccc2N)cc1C. The number of rotatable bonds is 4. The summed E-state index contributed by atoms with van der Waals surface area (Å²) in [6.45, 7) is 3.93. The third-order valence-corrected chi connectivity index (χ3v) is 3.37. The number of amides is 1. The van der Waals surface area contributed by atoms with Gasteiger partial charge >= 0.3 is 0 Å². The molecule has 0 radical (unpaired) electrons. The summed E-state index contributed by atoms with van der Waals surface area (Å²) in [5.41, 5.74) is 9.00. The van der Waals surface area contributed by atoms with E-state index in [9.17, 15) is 4.79 Å². The van der Waals surface area contributed by atoms with Crippen LogP contribution in [0.25, 0.3) is 0 Å². The molecule has 0 bridgehead atoms. The van der Waals surface area contributed by atoms with Crippen LogP contribution in [0.2, 0.25) is 5.02 Å². The Balaban J connectivity index is 1.95. The average molecular weight is 305 g/mol. The van der Waals surface area contributed by atoms with Gasteiger partial charge in [-0.1, -0.05) is 17.7 Å². The fourth-order valence-corrected chi connectivity index (χ4v) is 1.95. The van der Waals surface area contributed by atoms with Crippen LogP contribution in [0, 0.1) is 13.8 Å². The van der Waals surface area contributed by atoms with Crippen LogP contribution in [-0.2, 0) is 4.79 Å². The molecular formula is C16H17ClN2O2. The van der Waals surface area contributed by atoms with Crippen molar-refractivity contribution in [1.29, 1.82) is 0 Å². The maximum absolute atomic E-state index is 11.9. The van der Waals surface area contributed by atoms with Gasteiger partial charge < -0.3 is 15.8 Å². The molecule has 0 saturated heterocycles. The lowest BCUT2D eigenvalue weighted by molar-refractivity contribution is -0.118. The summed E-state index contributed by atoms with van der Waals surface area (Å²) in [6.07, 6.45) is 0. The number of carbonyl (C=O) groups is 1. The molecule has 2 aromatic carbocycles. The molecule has 0 aliphatic heterocycles. The Hall–Kier alpha value is -2.20. The van der Waals surface area contributed by atoms with Gasteiger partial charge in [-0.3, -0.25) is 4.79 Å². The Kier molecular flexibility index (Phi) is 4.70. The second-order valence-electron chi connectivity index (χ2n) is 4.81. The number of ether oxygens (including phenoxy) is 1. The quantitative estimate of drug-likeness (QED) is 0.849. The molecule has 0 unspecified atom stereocenters. The predicted molar refractivity (Wildman–Crippen MR) is 85.9 cm³/mol. The van der Waals surface area contributed by atoms with E-state index in [1.54, 1.807) is 18.2 Å². The Morgan fingerprint density at radius 3 is 2.67 bits per heavy atom. The Morgan fingerprint density at radius 1 is 1.19 bits per heavy atom. The largest absolute Gasteiger partial charge is 0.484 e. The molecule has 0 saturated carbocycles. The van der Waals surface area contributed by atoms with E-state index < -0.39 is 0 Å².